The molecule has 100 valence electrons. The molecule has 0 saturated carbocycles. The molecule has 0 unspecified atom stereocenters. The molecular formula is C15H10FIN2O. The number of aromatic nitrogens is 1. The number of rotatable bonds is 2. The van der Waals surface area contributed by atoms with Crippen LogP contribution in [0.15, 0.2) is 53.1 Å². The number of anilines is 1. The van der Waals surface area contributed by atoms with E-state index in [4.69, 9.17) is 10.3 Å². The van der Waals surface area contributed by atoms with Crippen LogP contribution in [0.25, 0.3) is 22.5 Å². The van der Waals surface area contributed by atoms with Crippen molar-refractivity contribution >= 4 is 28.4 Å². The maximum Gasteiger partial charge on any atom is 0.176 e. The van der Waals surface area contributed by atoms with Crippen LogP contribution in [-0.4, -0.2) is 5.16 Å². The molecule has 0 fully saturated rings. The van der Waals surface area contributed by atoms with Gasteiger partial charge in [0.2, 0.25) is 0 Å². The Bertz CT molecular complexity index is 770. The van der Waals surface area contributed by atoms with E-state index in [9.17, 15) is 4.39 Å². The third-order valence-corrected chi connectivity index (χ3v) is 3.59. The van der Waals surface area contributed by atoms with Crippen LogP contribution >= 0.6 is 22.6 Å². The number of nitrogens with two attached hydrogens (primary N) is 1. The highest BCUT2D eigenvalue weighted by atomic mass is 127. The second-order valence-electron chi connectivity index (χ2n) is 4.29. The molecule has 0 aliphatic rings. The lowest BCUT2D eigenvalue weighted by Gasteiger charge is -2.03. The summed E-state index contributed by atoms with van der Waals surface area (Å²) in [6.07, 6.45) is 0. The minimum absolute atomic E-state index is 0.254. The molecule has 0 aliphatic carbocycles. The van der Waals surface area contributed by atoms with Crippen LogP contribution in [-0.2, 0) is 0 Å². The van der Waals surface area contributed by atoms with Gasteiger partial charge in [0.1, 0.15) is 5.82 Å². The van der Waals surface area contributed by atoms with Gasteiger partial charge < -0.3 is 10.3 Å². The van der Waals surface area contributed by atoms with E-state index in [1.807, 2.05) is 24.3 Å². The molecule has 0 aliphatic heterocycles. The van der Waals surface area contributed by atoms with Gasteiger partial charge in [0.25, 0.3) is 0 Å². The maximum atomic E-state index is 13.4. The predicted octanol–water partition coefficient (Wildman–Crippen LogP) is 4.33. The standard InChI is InChI=1S/C15H10FIN2O/c16-11-5-1-3-9(7-11)13-14(20-19-15(13)18)10-4-2-6-12(17)8-10/h1-8H,(H2,18,19). The van der Waals surface area contributed by atoms with Crippen molar-refractivity contribution in [2.45, 2.75) is 0 Å². The molecule has 0 saturated heterocycles. The first-order chi connectivity index (χ1) is 9.65. The number of halogens is 2. The molecule has 0 atom stereocenters. The first-order valence-corrected chi connectivity index (χ1v) is 7.00. The molecule has 3 rings (SSSR count). The van der Waals surface area contributed by atoms with Crippen LogP contribution in [0.4, 0.5) is 10.2 Å². The zero-order valence-corrected chi connectivity index (χ0v) is 12.5. The minimum atomic E-state index is -0.323. The van der Waals surface area contributed by atoms with Gasteiger partial charge in [0.05, 0.1) is 5.56 Å². The van der Waals surface area contributed by atoms with Crippen LogP contribution < -0.4 is 5.73 Å². The number of nitrogen functional groups attached to an aromatic ring is 1. The van der Waals surface area contributed by atoms with Crippen molar-refractivity contribution in [1.29, 1.82) is 0 Å². The Morgan fingerprint density at radius 1 is 1.05 bits per heavy atom. The fourth-order valence-electron chi connectivity index (χ4n) is 2.05. The molecule has 0 bridgehead atoms. The Balaban J connectivity index is 2.20. The molecule has 20 heavy (non-hydrogen) atoms. The van der Waals surface area contributed by atoms with Gasteiger partial charge in [-0.15, -0.1) is 0 Å². The van der Waals surface area contributed by atoms with Crippen molar-refractivity contribution in [3.63, 3.8) is 0 Å². The first kappa shape index (κ1) is 13.1. The van der Waals surface area contributed by atoms with Crippen molar-refractivity contribution in [3.05, 3.63) is 57.9 Å². The third-order valence-electron chi connectivity index (χ3n) is 2.92. The summed E-state index contributed by atoms with van der Waals surface area (Å²) >= 11 is 2.22. The fourth-order valence-corrected chi connectivity index (χ4v) is 2.60. The summed E-state index contributed by atoms with van der Waals surface area (Å²) in [4.78, 5) is 0. The maximum absolute atomic E-state index is 13.4. The molecule has 0 spiro atoms. The van der Waals surface area contributed by atoms with Gasteiger partial charge in [-0.1, -0.05) is 29.4 Å². The largest absolute Gasteiger partial charge is 0.380 e. The number of benzene rings is 2. The van der Waals surface area contributed by atoms with Gasteiger partial charge in [-0.2, -0.15) is 0 Å². The van der Waals surface area contributed by atoms with Crippen LogP contribution in [0.2, 0.25) is 0 Å². The Hall–Kier alpha value is -1.89. The van der Waals surface area contributed by atoms with Gasteiger partial charge in [-0.3, -0.25) is 0 Å². The zero-order chi connectivity index (χ0) is 14.1. The number of hydrogen-bond acceptors (Lipinski definition) is 3. The highest BCUT2D eigenvalue weighted by molar-refractivity contribution is 14.1. The van der Waals surface area contributed by atoms with Crippen LogP contribution in [0.5, 0.6) is 0 Å². The van der Waals surface area contributed by atoms with Gasteiger partial charge in [-0.25, -0.2) is 4.39 Å². The van der Waals surface area contributed by atoms with Crippen molar-refractivity contribution in [2.24, 2.45) is 0 Å². The monoisotopic (exact) mass is 380 g/mol. The van der Waals surface area contributed by atoms with Crippen molar-refractivity contribution in [1.82, 2.24) is 5.16 Å². The summed E-state index contributed by atoms with van der Waals surface area (Å²) in [5.41, 5.74) is 8.00. The Morgan fingerprint density at radius 3 is 2.55 bits per heavy atom. The SMILES string of the molecule is Nc1noc(-c2cccc(I)c2)c1-c1cccc(F)c1. The molecule has 0 amide bonds. The van der Waals surface area contributed by atoms with E-state index in [0.717, 1.165) is 9.13 Å². The summed E-state index contributed by atoms with van der Waals surface area (Å²) in [7, 11) is 0. The van der Waals surface area contributed by atoms with E-state index in [1.165, 1.54) is 12.1 Å². The molecule has 1 aromatic heterocycles. The second kappa shape index (κ2) is 5.24. The number of hydrogen-bond donors (Lipinski definition) is 1. The van der Waals surface area contributed by atoms with Gasteiger partial charge in [0, 0.05) is 9.13 Å². The quantitative estimate of drug-likeness (QED) is 0.674. The summed E-state index contributed by atoms with van der Waals surface area (Å²) in [5, 5.41) is 3.81. The van der Waals surface area contributed by atoms with Crippen LogP contribution in [0.1, 0.15) is 0 Å². The molecule has 2 N–H and O–H groups in total. The highest BCUT2D eigenvalue weighted by Crippen LogP contribution is 2.37. The summed E-state index contributed by atoms with van der Waals surface area (Å²) in [5.74, 6) is 0.479. The summed E-state index contributed by atoms with van der Waals surface area (Å²) in [6, 6.07) is 14.0. The molecule has 3 aromatic rings. The summed E-state index contributed by atoms with van der Waals surface area (Å²) in [6.45, 7) is 0. The van der Waals surface area contributed by atoms with Crippen molar-refractivity contribution in [3.8, 4) is 22.5 Å². The van der Waals surface area contributed by atoms with E-state index in [1.54, 1.807) is 12.1 Å². The van der Waals surface area contributed by atoms with Crippen LogP contribution in [0, 0.1) is 9.39 Å². The van der Waals surface area contributed by atoms with E-state index >= 15 is 0 Å². The molecular weight excluding hydrogens is 370 g/mol. The normalized spacial score (nSPS) is 10.7. The van der Waals surface area contributed by atoms with Gasteiger partial charge >= 0.3 is 0 Å². The minimum Gasteiger partial charge on any atom is -0.380 e. The molecule has 2 aromatic carbocycles. The molecule has 0 radical (unpaired) electrons. The van der Waals surface area contributed by atoms with E-state index in [0.29, 0.717) is 16.9 Å². The predicted molar refractivity (Wildman–Crippen MR) is 84.5 cm³/mol. The molecule has 3 nitrogen and oxygen atoms in total. The first-order valence-electron chi connectivity index (χ1n) is 5.92. The van der Waals surface area contributed by atoms with Crippen molar-refractivity contribution < 1.29 is 8.91 Å². The lowest BCUT2D eigenvalue weighted by atomic mass is 10.0. The molecule has 1 heterocycles. The van der Waals surface area contributed by atoms with Crippen molar-refractivity contribution in [2.75, 3.05) is 5.73 Å². The zero-order valence-electron chi connectivity index (χ0n) is 10.3. The van der Waals surface area contributed by atoms with Gasteiger partial charge in [0.15, 0.2) is 11.6 Å². The van der Waals surface area contributed by atoms with E-state index < -0.39 is 0 Å². The third kappa shape index (κ3) is 2.40. The number of nitrogens with zero attached hydrogens (tertiary/aromatic N) is 1. The molecule has 5 heteroatoms. The lowest BCUT2D eigenvalue weighted by Crippen LogP contribution is -1.89. The Labute approximate surface area is 128 Å². The Kier molecular flexibility index (Phi) is 3.43. The Morgan fingerprint density at radius 2 is 1.80 bits per heavy atom. The van der Waals surface area contributed by atoms with E-state index in [-0.39, 0.29) is 11.6 Å². The fraction of sp³-hybridized carbons (Fsp3) is 0. The van der Waals surface area contributed by atoms with Gasteiger partial charge in [-0.05, 0) is 52.4 Å². The highest BCUT2D eigenvalue weighted by Gasteiger charge is 2.18. The second-order valence-corrected chi connectivity index (χ2v) is 5.54. The van der Waals surface area contributed by atoms with E-state index in [2.05, 4.69) is 27.7 Å². The average molecular weight is 380 g/mol. The topological polar surface area (TPSA) is 52.0 Å². The van der Waals surface area contributed by atoms with Crippen LogP contribution in [0.3, 0.4) is 0 Å². The summed E-state index contributed by atoms with van der Waals surface area (Å²) < 4.78 is 19.8. The smallest absolute Gasteiger partial charge is 0.176 e. The lowest BCUT2D eigenvalue weighted by molar-refractivity contribution is 0.436. The average Bonchev–Trinajstić information content (AvgIpc) is 2.80.